The number of ether oxygens (including phenoxy) is 1. The standard InChI is InChI=1S/C17H21N5O3/c1-13(2)21-16-14(6-3-9-20-16)17(24)25-12-15(23)22(10-4-7-18)11-5-8-19/h3,6,9,13H,4-5,10-12H2,1-2H3,(H,20,21). The van der Waals surface area contributed by atoms with Crippen molar-refractivity contribution < 1.29 is 14.3 Å². The van der Waals surface area contributed by atoms with Crippen LogP contribution in [0.5, 0.6) is 0 Å². The number of pyridine rings is 1. The molecule has 1 aromatic heterocycles. The van der Waals surface area contributed by atoms with Crippen LogP contribution in [0.2, 0.25) is 0 Å². The minimum atomic E-state index is -0.662. The lowest BCUT2D eigenvalue weighted by molar-refractivity contribution is -0.134. The van der Waals surface area contributed by atoms with E-state index >= 15 is 0 Å². The number of nitriles is 2. The third kappa shape index (κ3) is 6.88. The lowest BCUT2D eigenvalue weighted by Crippen LogP contribution is -2.36. The van der Waals surface area contributed by atoms with Crippen molar-refractivity contribution in [1.82, 2.24) is 9.88 Å². The molecule has 0 aliphatic carbocycles. The van der Waals surface area contributed by atoms with Crippen LogP contribution in [0.15, 0.2) is 18.3 Å². The summed E-state index contributed by atoms with van der Waals surface area (Å²) in [6, 6.07) is 7.14. The molecule has 0 saturated carbocycles. The molecule has 0 aliphatic rings. The molecule has 0 fully saturated rings. The average molecular weight is 343 g/mol. The molecule has 1 rings (SSSR count). The molecule has 25 heavy (non-hydrogen) atoms. The van der Waals surface area contributed by atoms with Gasteiger partial charge < -0.3 is 15.0 Å². The van der Waals surface area contributed by atoms with Gasteiger partial charge in [-0.1, -0.05) is 0 Å². The maximum absolute atomic E-state index is 12.2. The van der Waals surface area contributed by atoms with Gasteiger partial charge in [0, 0.05) is 25.3 Å². The molecule has 8 heteroatoms. The van der Waals surface area contributed by atoms with Gasteiger partial charge >= 0.3 is 5.97 Å². The zero-order chi connectivity index (χ0) is 18.7. The molecule has 1 amide bonds. The number of amides is 1. The highest BCUT2D eigenvalue weighted by molar-refractivity contribution is 5.95. The molecule has 1 aromatic rings. The van der Waals surface area contributed by atoms with Crippen molar-refractivity contribution in [1.29, 1.82) is 10.5 Å². The van der Waals surface area contributed by atoms with Crippen molar-refractivity contribution in [2.75, 3.05) is 25.0 Å². The van der Waals surface area contributed by atoms with Crippen molar-refractivity contribution in [3.63, 3.8) is 0 Å². The second-order valence-electron chi connectivity index (χ2n) is 5.47. The van der Waals surface area contributed by atoms with Crippen LogP contribution < -0.4 is 5.32 Å². The number of hydrogen-bond donors (Lipinski definition) is 1. The quantitative estimate of drug-likeness (QED) is 0.678. The van der Waals surface area contributed by atoms with Crippen LogP contribution in [0.3, 0.4) is 0 Å². The van der Waals surface area contributed by atoms with Crippen molar-refractivity contribution in [3.05, 3.63) is 23.9 Å². The number of carbonyl (C=O) groups excluding carboxylic acids is 2. The van der Waals surface area contributed by atoms with Crippen molar-refractivity contribution in [3.8, 4) is 12.1 Å². The number of hydrogen-bond acceptors (Lipinski definition) is 7. The monoisotopic (exact) mass is 343 g/mol. The molecular weight excluding hydrogens is 322 g/mol. The van der Waals surface area contributed by atoms with Gasteiger partial charge in [0.15, 0.2) is 6.61 Å². The average Bonchev–Trinajstić information content (AvgIpc) is 2.59. The minimum Gasteiger partial charge on any atom is -0.452 e. The molecule has 0 atom stereocenters. The first-order valence-electron chi connectivity index (χ1n) is 7.90. The second-order valence-corrected chi connectivity index (χ2v) is 5.47. The van der Waals surface area contributed by atoms with Crippen LogP contribution in [0.1, 0.15) is 37.0 Å². The molecule has 0 saturated heterocycles. The van der Waals surface area contributed by atoms with Gasteiger partial charge in [-0.05, 0) is 26.0 Å². The SMILES string of the molecule is CC(C)Nc1ncccc1C(=O)OCC(=O)N(CCC#N)CCC#N. The maximum atomic E-state index is 12.2. The third-order valence-corrected chi connectivity index (χ3v) is 3.12. The molecule has 0 aromatic carbocycles. The van der Waals surface area contributed by atoms with E-state index in [9.17, 15) is 9.59 Å². The second kappa shape index (κ2) is 10.6. The van der Waals surface area contributed by atoms with Gasteiger partial charge in [-0.25, -0.2) is 9.78 Å². The Morgan fingerprint density at radius 2 is 1.92 bits per heavy atom. The fraction of sp³-hybridized carbons (Fsp3) is 0.471. The molecule has 1 N–H and O–H groups in total. The zero-order valence-corrected chi connectivity index (χ0v) is 14.4. The molecule has 0 aliphatic heterocycles. The maximum Gasteiger partial charge on any atom is 0.342 e. The summed E-state index contributed by atoms with van der Waals surface area (Å²) in [4.78, 5) is 29.8. The van der Waals surface area contributed by atoms with E-state index in [1.54, 1.807) is 18.3 Å². The highest BCUT2D eigenvalue weighted by Crippen LogP contribution is 2.14. The summed E-state index contributed by atoms with van der Waals surface area (Å²) in [5.41, 5.74) is 0.240. The Morgan fingerprint density at radius 1 is 1.28 bits per heavy atom. The van der Waals surface area contributed by atoms with Crippen molar-refractivity contribution in [2.24, 2.45) is 0 Å². The summed E-state index contributed by atoms with van der Waals surface area (Å²) in [7, 11) is 0. The van der Waals surface area contributed by atoms with Crippen molar-refractivity contribution >= 4 is 17.7 Å². The predicted octanol–water partition coefficient (Wildman–Crippen LogP) is 1.71. The summed E-state index contributed by atoms with van der Waals surface area (Å²) < 4.78 is 5.08. The number of esters is 1. The van der Waals surface area contributed by atoms with Crippen LogP contribution >= 0.6 is 0 Å². The Labute approximate surface area is 147 Å². The number of carbonyl (C=O) groups is 2. The molecule has 0 radical (unpaired) electrons. The van der Waals surface area contributed by atoms with Crippen LogP contribution in [0, 0.1) is 22.7 Å². The summed E-state index contributed by atoms with van der Waals surface area (Å²) in [5.74, 6) is -0.716. The largest absolute Gasteiger partial charge is 0.452 e. The van der Waals surface area contributed by atoms with Gasteiger partial charge in [0.2, 0.25) is 0 Å². The molecule has 0 spiro atoms. The first-order chi connectivity index (χ1) is 12.0. The molecule has 1 heterocycles. The number of aromatic nitrogens is 1. The van der Waals surface area contributed by atoms with Gasteiger partial charge in [0.25, 0.3) is 5.91 Å². The van der Waals surface area contributed by atoms with E-state index in [0.717, 1.165) is 0 Å². The van der Waals surface area contributed by atoms with Gasteiger partial charge in [0.1, 0.15) is 11.4 Å². The molecule has 132 valence electrons. The summed E-state index contributed by atoms with van der Waals surface area (Å²) in [5, 5.41) is 20.3. The van der Waals surface area contributed by atoms with Gasteiger partial charge in [-0.3, -0.25) is 4.79 Å². The lowest BCUT2D eigenvalue weighted by atomic mass is 10.2. The highest BCUT2D eigenvalue weighted by atomic mass is 16.5. The first-order valence-corrected chi connectivity index (χ1v) is 7.90. The van der Waals surface area contributed by atoms with Crippen LogP contribution in [0.4, 0.5) is 5.82 Å². The Bertz CT molecular complexity index is 658. The van der Waals surface area contributed by atoms with Gasteiger partial charge in [-0.15, -0.1) is 0 Å². The van der Waals surface area contributed by atoms with E-state index in [0.29, 0.717) is 5.82 Å². The predicted molar refractivity (Wildman–Crippen MR) is 90.3 cm³/mol. The third-order valence-electron chi connectivity index (χ3n) is 3.12. The van der Waals surface area contributed by atoms with Crippen LogP contribution in [-0.4, -0.2) is 47.5 Å². The minimum absolute atomic E-state index is 0.0792. The van der Waals surface area contributed by atoms with Gasteiger partial charge in [-0.2, -0.15) is 10.5 Å². The summed E-state index contributed by atoms with van der Waals surface area (Å²) in [6.45, 7) is 3.76. The van der Waals surface area contributed by atoms with Crippen molar-refractivity contribution in [2.45, 2.75) is 32.7 Å². The van der Waals surface area contributed by atoms with Gasteiger partial charge in [0.05, 0.1) is 25.0 Å². The Morgan fingerprint density at radius 3 is 2.48 bits per heavy atom. The molecular formula is C17H21N5O3. The number of anilines is 1. The van der Waals surface area contributed by atoms with Crippen LogP contribution in [0.25, 0.3) is 0 Å². The number of nitrogens with one attached hydrogen (secondary N) is 1. The molecule has 0 unspecified atom stereocenters. The van der Waals surface area contributed by atoms with E-state index in [1.165, 1.54) is 4.90 Å². The zero-order valence-electron chi connectivity index (χ0n) is 14.4. The van der Waals surface area contributed by atoms with Crippen LogP contribution in [-0.2, 0) is 9.53 Å². The van der Waals surface area contributed by atoms with E-state index < -0.39 is 18.5 Å². The summed E-state index contributed by atoms with van der Waals surface area (Å²) >= 11 is 0. The number of rotatable bonds is 9. The normalized spacial score (nSPS) is 9.80. The first kappa shape index (κ1) is 19.9. The topological polar surface area (TPSA) is 119 Å². The molecule has 8 nitrogen and oxygen atoms in total. The lowest BCUT2D eigenvalue weighted by Gasteiger charge is -2.20. The summed E-state index contributed by atoms with van der Waals surface area (Å²) in [6.07, 6.45) is 1.85. The highest BCUT2D eigenvalue weighted by Gasteiger charge is 2.18. The smallest absolute Gasteiger partial charge is 0.342 e. The Balaban J connectivity index is 2.69. The fourth-order valence-corrected chi connectivity index (χ4v) is 1.99. The van der Waals surface area contributed by atoms with E-state index in [4.69, 9.17) is 15.3 Å². The van der Waals surface area contributed by atoms with E-state index in [1.807, 2.05) is 26.0 Å². The number of nitrogens with zero attached hydrogens (tertiary/aromatic N) is 4. The molecule has 0 bridgehead atoms. The van der Waals surface area contributed by atoms with E-state index in [-0.39, 0.29) is 37.5 Å². The Hall–Kier alpha value is -3.13. The Kier molecular flexibility index (Phi) is 8.45. The fourth-order valence-electron chi connectivity index (χ4n) is 1.99. The van der Waals surface area contributed by atoms with E-state index in [2.05, 4.69) is 10.3 Å².